The SMILES string of the molecule is CN(C)c1nc(N/N=C\c2ccccc2Cl)nc(Nc2ccc(F)cc2)n1. The highest BCUT2D eigenvalue weighted by Crippen LogP contribution is 2.17. The van der Waals surface area contributed by atoms with Gasteiger partial charge in [-0.05, 0) is 30.3 Å². The van der Waals surface area contributed by atoms with E-state index in [4.69, 9.17) is 11.6 Å². The Bertz CT molecular complexity index is 945. The number of nitrogens with zero attached hydrogens (tertiary/aromatic N) is 5. The second-order valence-electron chi connectivity index (χ2n) is 5.70. The topological polar surface area (TPSA) is 78.3 Å². The summed E-state index contributed by atoms with van der Waals surface area (Å²) in [5.74, 6) is 0.670. The largest absolute Gasteiger partial charge is 0.347 e. The first-order valence-electron chi connectivity index (χ1n) is 8.01. The normalized spacial score (nSPS) is 10.8. The van der Waals surface area contributed by atoms with Crippen molar-refractivity contribution in [1.29, 1.82) is 0 Å². The Labute approximate surface area is 160 Å². The Hall–Kier alpha value is -3.26. The van der Waals surface area contributed by atoms with Gasteiger partial charge in [-0.15, -0.1) is 0 Å². The number of rotatable bonds is 6. The van der Waals surface area contributed by atoms with Crippen molar-refractivity contribution < 1.29 is 4.39 Å². The molecule has 3 aromatic rings. The lowest BCUT2D eigenvalue weighted by atomic mass is 10.2. The van der Waals surface area contributed by atoms with Crippen LogP contribution in [0.2, 0.25) is 5.02 Å². The third kappa shape index (κ3) is 5.11. The molecule has 3 rings (SSSR count). The lowest BCUT2D eigenvalue weighted by molar-refractivity contribution is 0.628. The van der Waals surface area contributed by atoms with Crippen LogP contribution >= 0.6 is 11.6 Å². The number of hydrogen-bond donors (Lipinski definition) is 2. The lowest BCUT2D eigenvalue weighted by Gasteiger charge is -2.13. The van der Waals surface area contributed by atoms with Crippen molar-refractivity contribution in [2.45, 2.75) is 0 Å². The predicted molar refractivity (Wildman–Crippen MR) is 107 cm³/mol. The summed E-state index contributed by atoms with van der Waals surface area (Å²) in [6.07, 6.45) is 1.58. The number of benzene rings is 2. The monoisotopic (exact) mass is 385 g/mol. The minimum absolute atomic E-state index is 0.251. The lowest BCUT2D eigenvalue weighted by Crippen LogP contribution is -2.15. The van der Waals surface area contributed by atoms with Crippen molar-refractivity contribution in [2.75, 3.05) is 29.7 Å². The second-order valence-corrected chi connectivity index (χ2v) is 6.11. The molecule has 2 N–H and O–H groups in total. The molecule has 2 aromatic carbocycles. The maximum atomic E-state index is 13.1. The van der Waals surface area contributed by atoms with Gasteiger partial charge in [0, 0.05) is 30.4 Å². The molecular weight excluding hydrogens is 369 g/mol. The second kappa shape index (κ2) is 8.41. The van der Waals surface area contributed by atoms with Crippen LogP contribution in [0.5, 0.6) is 0 Å². The first-order chi connectivity index (χ1) is 13.0. The molecule has 9 heteroatoms. The van der Waals surface area contributed by atoms with Crippen LogP contribution in [0.15, 0.2) is 53.6 Å². The molecule has 7 nitrogen and oxygen atoms in total. The Morgan fingerprint density at radius 3 is 2.41 bits per heavy atom. The maximum Gasteiger partial charge on any atom is 0.250 e. The summed E-state index contributed by atoms with van der Waals surface area (Å²) in [6, 6.07) is 13.2. The number of nitrogens with one attached hydrogen (secondary N) is 2. The minimum atomic E-state index is -0.318. The van der Waals surface area contributed by atoms with Gasteiger partial charge in [0.05, 0.1) is 6.21 Å². The zero-order valence-corrected chi connectivity index (χ0v) is 15.4. The Morgan fingerprint density at radius 2 is 1.70 bits per heavy atom. The fraction of sp³-hybridized carbons (Fsp3) is 0.111. The third-order valence-corrected chi connectivity index (χ3v) is 3.74. The molecule has 0 aliphatic carbocycles. The van der Waals surface area contributed by atoms with E-state index >= 15 is 0 Å². The van der Waals surface area contributed by atoms with Gasteiger partial charge in [-0.25, -0.2) is 9.82 Å². The summed E-state index contributed by atoms with van der Waals surface area (Å²) in [7, 11) is 3.63. The molecular formula is C18H17ClFN7. The number of hydrogen-bond acceptors (Lipinski definition) is 7. The molecule has 0 bridgehead atoms. The van der Waals surface area contributed by atoms with Gasteiger partial charge < -0.3 is 10.2 Å². The molecule has 0 aliphatic rings. The van der Waals surface area contributed by atoms with Gasteiger partial charge in [-0.1, -0.05) is 29.8 Å². The van der Waals surface area contributed by atoms with E-state index in [9.17, 15) is 4.39 Å². The number of halogens is 2. The standard InChI is InChI=1S/C18H17ClFN7/c1-27(2)18-24-16(22-14-9-7-13(20)8-10-14)23-17(25-18)26-21-11-12-5-3-4-6-15(12)19/h3-11H,1-2H3,(H2,22,23,24,25,26)/b21-11-. The molecule has 0 unspecified atom stereocenters. The third-order valence-electron chi connectivity index (χ3n) is 3.40. The predicted octanol–water partition coefficient (Wildman–Crippen LogP) is 3.92. The molecule has 1 aromatic heterocycles. The molecule has 0 fully saturated rings. The Kier molecular flexibility index (Phi) is 5.77. The van der Waals surface area contributed by atoms with E-state index < -0.39 is 0 Å². The molecule has 0 aliphatic heterocycles. The van der Waals surface area contributed by atoms with E-state index in [2.05, 4.69) is 30.8 Å². The minimum Gasteiger partial charge on any atom is -0.347 e. The quantitative estimate of drug-likeness (QED) is 0.494. The van der Waals surface area contributed by atoms with Crippen LogP contribution < -0.4 is 15.6 Å². The zero-order chi connectivity index (χ0) is 19.2. The molecule has 0 atom stereocenters. The van der Waals surface area contributed by atoms with Crippen molar-refractivity contribution in [3.8, 4) is 0 Å². The molecule has 0 saturated heterocycles. The van der Waals surface area contributed by atoms with Crippen molar-refractivity contribution in [3.05, 3.63) is 64.9 Å². The van der Waals surface area contributed by atoms with Crippen LogP contribution in [0.1, 0.15) is 5.56 Å². The highest BCUT2D eigenvalue weighted by atomic mass is 35.5. The first-order valence-corrected chi connectivity index (χ1v) is 8.38. The van der Waals surface area contributed by atoms with E-state index in [-0.39, 0.29) is 11.8 Å². The molecule has 27 heavy (non-hydrogen) atoms. The van der Waals surface area contributed by atoms with Crippen LogP contribution in [-0.4, -0.2) is 35.3 Å². The summed E-state index contributed by atoms with van der Waals surface area (Å²) < 4.78 is 13.1. The molecule has 0 saturated carbocycles. The van der Waals surface area contributed by atoms with Gasteiger partial charge in [0.15, 0.2) is 0 Å². The van der Waals surface area contributed by atoms with Crippen LogP contribution in [0, 0.1) is 5.82 Å². The van der Waals surface area contributed by atoms with Crippen LogP contribution in [-0.2, 0) is 0 Å². The van der Waals surface area contributed by atoms with Gasteiger partial charge >= 0.3 is 0 Å². The van der Waals surface area contributed by atoms with E-state index in [1.54, 1.807) is 29.3 Å². The van der Waals surface area contributed by atoms with Crippen LogP contribution in [0.4, 0.5) is 27.9 Å². The summed E-state index contributed by atoms with van der Waals surface area (Å²) >= 11 is 6.10. The number of hydrazone groups is 1. The van der Waals surface area contributed by atoms with E-state index in [1.807, 2.05) is 32.3 Å². The Balaban J connectivity index is 1.80. The van der Waals surface area contributed by atoms with Gasteiger partial charge in [0.1, 0.15) is 5.82 Å². The first kappa shape index (κ1) is 18.5. The summed E-state index contributed by atoms with van der Waals surface area (Å²) in [5, 5.41) is 7.73. The van der Waals surface area contributed by atoms with Crippen molar-refractivity contribution in [1.82, 2.24) is 15.0 Å². The van der Waals surface area contributed by atoms with Crippen LogP contribution in [0.3, 0.4) is 0 Å². The smallest absolute Gasteiger partial charge is 0.250 e. The van der Waals surface area contributed by atoms with Crippen molar-refractivity contribution in [2.24, 2.45) is 5.10 Å². The van der Waals surface area contributed by atoms with Gasteiger partial charge in [0.2, 0.25) is 17.8 Å². The summed E-state index contributed by atoms with van der Waals surface area (Å²) in [5.41, 5.74) is 4.19. The molecule has 138 valence electrons. The summed E-state index contributed by atoms with van der Waals surface area (Å²) in [4.78, 5) is 14.6. The average molecular weight is 386 g/mol. The van der Waals surface area contributed by atoms with Crippen molar-refractivity contribution in [3.63, 3.8) is 0 Å². The van der Waals surface area contributed by atoms with E-state index in [0.717, 1.165) is 5.56 Å². The zero-order valence-electron chi connectivity index (χ0n) is 14.7. The maximum absolute atomic E-state index is 13.1. The summed E-state index contributed by atoms with van der Waals surface area (Å²) in [6.45, 7) is 0. The average Bonchev–Trinajstić information content (AvgIpc) is 2.65. The van der Waals surface area contributed by atoms with Gasteiger partial charge in [0.25, 0.3) is 0 Å². The van der Waals surface area contributed by atoms with E-state index in [1.165, 1.54) is 12.1 Å². The van der Waals surface area contributed by atoms with Crippen LogP contribution in [0.25, 0.3) is 0 Å². The molecule has 0 radical (unpaired) electrons. The fourth-order valence-corrected chi connectivity index (χ4v) is 2.26. The van der Waals surface area contributed by atoms with Gasteiger partial charge in [-0.2, -0.15) is 20.1 Å². The molecule has 0 spiro atoms. The Morgan fingerprint density at radius 1 is 1.00 bits per heavy atom. The molecule has 0 amide bonds. The van der Waals surface area contributed by atoms with E-state index in [0.29, 0.717) is 22.6 Å². The molecule has 1 heterocycles. The van der Waals surface area contributed by atoms with Crippen molar-refractivity contribution >= 4 is 41.3 Å². The number of anilines is 4. The fourth-order valence-electron chi connectivity index (χ4n) is 2.07. The number of aromatic nitrogens is 3. The van der Waals surface area contributed by atoms with Gasteiger partial charge in [-0.3, -0.25) is 0 Å². The highest BCUT2D eigenvalue weighted by Gasteiger charge is 2.08. The highest BCUT2D eigenvalue weighted by molar-refractivity contribution is 6.33.